The zero-order chi connectivity index (χ0) is 24.2. The molecule has 33 heavy (non-hydrogen) atoms. The fourth-order valence-electron chi connectivity index (χ4n) is 4.58. The van der Waals surface area contributed by atoms with Crippen LogP contribution >= 0.6 is 0 Å². The molecule has 0 aliphatic rings. The third kappa shape index (κ3) is 13.2. The minimum Gasteiger partial charge on any atom is -0.504 e. The van der Waals surface area contributed by atoms with Crippen LogP contribution in [-0.2, 0) is 12.8 Å². The van der Waals surface area contributed by atoms with Gasteiger partial charge in [-0.1, -0.05) is 117 Å². The van der Waals surface area contributed by atoms with Crippen molar-refractivity contribution in [2.45, 2.75) is 149 Å². The molecule has 0 bridgehead atoms. The molecule has 1 rings (SSSR count). The van der Waals surface area contributed by atoms with Gasteiger partial charge in [0.25, 0.3) is 0 Å². The van der Waals surface area contributed by atoms with Crippen LogP contribution in [-0.4, -0.2) is 16.8 Å². The smallest absolute Gasteiger partial charge is 0.200 e. The fourth-order valence-corrected chi connectivity index (χ4v) is 4.58. The lowest BCUT2D eigenvalue weighted by Crippen LogP contribution is -2.04. The average molecular weight is 463 g/mol. The van der Waals surface area contributed by atoms with Crippen LogP contribution in [0.2, 0.25) is 0 Å². The van der Waals surface area contributed by atoms with Crippen molar-refractivity contribution in [1.29, 1.82) is 0 Å². The number of phenols is 2. The fraction of sp³-hybridized carbons (Fsp3) is 0.800. The number of unbranched alkanes of at least 4 members (excludes halogenated alkanes) is 15. The van der Waals surface area contributed by atoms with Gasteiger partial charge in [0, 0.05) is 5.56 Å². The van der Waals surface area contributed by atoms with Crippen LogP contribution in [0.4, 0.5) is 0 Å². The molecule has 0 aromatic heterocycles. The van der Waals surface area contributed by atoms with E-state index < -0.39 is 0 Å². The Balaban J connectivity index is 2.65. The molecule has 3 heteroatoms. The van der Waals surface area contributed by atoms with Crippen LogP contribution in [0.1, 0.15) is 147 Å². The van der Waals surface area contributed by atoms with E-state index in [9.17, 15) is 10.2 Å². The summed E-state index contributed by atoms with van der Waals surface area (Å²) in [6.07, 6.45) is 24.6. The summed E-state index contributed by atoms with van der Waals surface area (Å²) in [5.41, 5.74) is 2.31. The zero-order valence-electron chi connectivity index (χ0n) is 22.2. The summed E-state index contributed by atoms with van der Waals surface area (Å²) in [6.45, 7) is 7.26. The molecule has 0 atom stereocenters. The van der Waals surface area contributed by atoms with Crippen molar-refractivity contribution < 1.29 is 14.9 Å². The molecule has 1 aromatic rings. The second-order valence-electron chi connectivity index (χ2n) is 9.86. The van der Waals surface area contributed by atoms with Crippen molar-refractivity contribution in [3.63, 3.8) is 0 Å². The van der Waals surface area contributed by atoms with Crippen LogP contribution in [0.15, 0.2) is 6.07 Å². The molecule has 0 spiro atoms. The predicted molar refractivity (Wildman–Crippen MR) is 143 cm³/mol. The Morgan fingerprint density at radius 1 is 0.576 bits per heavy atom. The number of aromatic hydroxyl groups is 2. The number of rotatable bonds is 22. The number of hydrogen-bond acceptors (Lipinski definition) is 3. The van der Waals surface area contributed by atoms with E-state index in [0.717, 1.165) is 44.1 Å². The number of phenolic OH excluding ortho intramolecular Hbond substituents is 2. The first-order chi connectivity index (χ1) is 16.2. The zero-order valence-corrected chi connectivity index (χ0v) is 22.2. The van der Waals surface area contributed by atoms with E-state index in [1.54, 1.807) is 6.07 Å². The van der Waals surface area contributed by atoms with Crippen molar-refractivity contribution >= 4 is 0 Å². The Hall–Kier alpha value is -1.38. The SMILES string of the molecule is CCCCCCCCCCc1cc(O)c(O)c(OCCCC)c1CCCCCCCCCC. The summed E-state index contributed by atoms with van der Waals surface area (Å²) in [6, 6.07) is 1.79. The van der Waals surface area contributed by atoms with Gasteiger partial charge in [-0.3, -0.25) is 0 Å². The molecule has 192 valence electrons. The highest BCUT2D eigenvalue weighted by atomic mass is 16.5. The molecule has 0 saturated carbocycles. The van der Waals surface area contributed by atoms with Crippen molar-refractivity contribution in [3.8, 4) is 17.2 Å². The maximum atomic E-state index is 10.6. The Labute approximate surface area is 205 Å². The summed E-state index contributed by atoms with van der Waals surface area (Å²) < 4.78 is 6.02. The van der Waals surface area contributed by atoms with Crippen LogP contribution in [0.3, 0.4) is 0 Å². The summed E-state index contributed by atoms with van der Waals surface area (Å²) in [7, 11) is 0. The molecular weight excluding hydrogens is 408 g/mol. The van der Waals surface area contributed by atoms with Gasteiger partial charge in [0.2, 0.25) is 5.75 Å². The summed E-state index contributed by atoms with van der Waals surface area (Å²) in [5.74, 6) is 0.442. The molecule has 0 heterocycles. The number of benzene rings is 1. The molecule has 0 fully saturated rings. The van der Waals surface area contributed by atoms with Crippen LogP contribution < -0.4 is 4.74 Å². The molecule has 0 aliphatic heterocycles. The maximum Gasteiger partial charge on any atom is 0.200 e. The second-order valence-corrected chi connectivity index (χ2v) is 9.86. The Bertz CT molecular complexity index is 597. The second kappa shape index (κ2) is 20.0. The van der Waals surface area contributed by atoms with Crippen LogP contribution in [0.5, 0.6) is 17.2 Å². The molecular formula is C30H54O3. The minimum atomic E-state index is -0.0691. The monoisotopic (exact) mass is 462 g/mol. The van der Waals surface area contributed by atoms with Gasteiger partial charge in [-0.2, -0.15) is 0 Å². The highest BCUT2D eigenvalue weighted by molar-refractivity contribution is 5.58. The Morgan fingerprint density at radius 2 is 1.03 bits per heavy atom. The number of ether oxygens (including phenoxy) is 1. The van der Waals surface area contributed by atoms with Gasteiger partial charge < -0.3 is 14.9 Å². The van der Waals surface area contributed by atoms with Crippen LogP contribution in [0, 0.1) is 0 Å². The normalized spacial score (nSPS) is 11.2. The minimum absolute atomic E-state index is 0.0317. The van der Waals surface area contributed by atoms with Gasteiger partial charge in [0.05, 0.1) is 6.61 Å². The Morgan fingerprint density at radius 3 is 1.55 bits per heavy atom. The standard InChI is InChI=1S/C30H54O3/c1-4-7-10-12-14-16-18-20-22-26-25-28(31)29(32)30(33-24-9-6-3)27(26)23-21-19-17-15-13-11-8-5-2/h25,31-32H,4-24H2,1-3H3. The van der Waals surface area contributed by atoms with Crippen molar-refractivity contribution in [2.24, 2.45) is 0 Å². The molecule has 2 N–H and O–H groups in total. The lowest BCUT2D eigenvalue weighted by molar-refractivity contribution is 0.282. The molecule has 0 aliphatic carbocycles. The summed E-state index contributed by atoms with van der Waals surface area (Å²) >= 11 is 0. The van der Waals surface area contributed by atoms with E-state index in [4.69, 9.17) is 4.74 Å². The van der Waals surface area contributed by atoms with E-state index in [2.05, 4.69) is 20.8 Å². The third-order valence-corrected chi connectivity index (χ3v) is 6.75. The van der Waals surface area contributed by atoms with Crippen molar-refractivity contribution in [2.75, 3.05) is 6.61 Å². The van der Waals surface area contributed by atoms with Crippen molar-refractivity contribution in [1.82, 2.24) is 0 Å². The van der Waals surface area contributed by atoms with E-state index in [-0.39, 0.29) is 11.5 Å². The number of hydrogen-bond donors (Lipinski definition) is 2. The van der Waals surface area contributed by atoms with Crippen LogP contribution in [0.25, 0.3) is 0 Å². The van der Waals surface area contributed by atoms with Crippen molar-refractivity contribution in [3.05, 3.63) is 17.2 Å². The molecule has 0 saturated heterocycles. The summed E-state index contributed by atoms with van der Waals surface area (Å²) in [5, 5.41) is 20.9. The topological polar surface area (TPSA) is 49.7 Å². The largest absolute Gasteiger partial charge is 0.504 e. The van der Waals surface area contributed by atoms with Gasteiger partial charge in [-0.05, 0) is 43.7 Å². The first-order valence-corrected chi connectivity index (χ1v) is 14.3. The summed E-state index contributed by atoms with van der Waals surface area (Å²) in [4.78, 5) is 0. The van der Waals surface area contributed by atoms with E-state index >= 15 is 0 Å². The van der Waals surface area contributed by atoms with Gasteiger partial charge in [-0.15, -0.1) is 0 Å². The lowest BCUT2D eigenvalue weighted by Gasteiger charge is -2.18. The maximum absolute atomic E-state index is 10.6. The average Bonchev–Trinajstić information content (AvgIpc) is 2.81. The Kier molecular flexibility index (Phi) is 18.0. The highest BCUT2D eigenvalue weighted by Gasteiger charge is 2.18. The van der Waals surface area contributed by atoms with Gasteiger partial charge >= 0.3 is 0 Å². The third-order valence-electron chi connectivity index (χ3n) is 6.75. The molecule has 0 amide bonds. The highest BCUT2D eigenvalue weighted by Crippen LogP contribution is 2.42. The van der Waals surface area contributed by atoms with Gasteiger partial charge in [-0.25, -0.2) is 0 Å². The quantitative estimate of drug-likeness (QED) is 0.133. The van der Waals surface area contributed by atoms with Gasteiger partial charge in [0.1, 0.15) is 0 Å². The molecule has 1 aromatic carbocycles. The first kappa shape index (κ1) is 29.7. The molecule has 3 nitrogen and oxygen atoms in total. The number of aryl methyl sites for hydroxylation is 1. The predicted octanol–water partition coefficient (Wildman–Crippen LogP) is 9.64. The molecule has 0 unspecified atom stereocenters. The molecule has 0 radical (unpaired) electrons. The first-order valence-electron chi connectivity index (χ1n) is 14.3. The van der Waals surface area contributed by atoms with E-state index in [1.165, 1.54) is 95.5 Å². The lowest BCUT2D eigenvalue weighted by atomic mass is 9.94. The van der Waals surface area contributed by atoms with Gasteiger partial charge in [0.15, 0.2) is 11.5 Å². The van der Waals surface area contributed by atoms with E-state index in [0.29, 0.717) is 12.4 Å². The van der Waals surface area contributed by atoms with E-state index in [1.807, 2.05) is 0 Å².